The summed E-state index contributed by atoms with van der Waals surface area (Å²) in [7, 11) is 2.06. The Morgan fingerprint density at radius 3 is 1.96 bits per heavy atom. The number of nitrogens with zero attached hydrogens (tertiary/aromatic N) is 2. The molecular formula is C15H22N2O6. The van der Waals surface area contributed by atoms with Crippen molar-refractivity contribution in [3.8, 4) is 0 Å². The van der Waals surface area contributed by atoms with Crippen molar-refractivity contribution in [3.05, 3.63) is 12.2 Å². The molecule has 2 aliphatic heterocycles. The van der Waals surface area contributed by atoms with Crippen molar-refractivity contribution in [2.45, 2.75) is 26.2 Å². The Bertz CT molecular complexity index is 504. The van der Waals surface area contributed by atoms with Gasteiger partial charge in [0.05, 0.1) is 5.41 Å². The minimum absolute atomic E-state index is 0.0204. The van der Waals surface area contributed by atoms with Crippen LogP contribution < -0.4 is 0 Å². The number of amides is 2. The van der Waals surface area contributed by atoms with Crippen molar-refractivity contribution in [3.63, 3.8) is 0 Å². The van der Waals surface area contributed by atoms with E-state index in [9.17, 15) is 19.2 Å². The summed E-state index contributed by atoms with van der Waals surface area (Å²) in [6.07, 6.45) is 3.23. The van der Waals surface area contributed by atoms with Gasteiger partial charge in [-0.3, -0.25) is 14.5 Å². The van der Waals surface area contributed by atoms with E-state index in [4.69, 9.17) is 10.2 Å². The Labute approximate surface area is 134 Å². The number of aliphatic carboxylic acids is 2. The topological polar surface area (TPSA) is 115 Å². The van der Waals surface area contributed by atoms with E-state index in [2.05, 4.69) is 11.9 Å². The van der Waals surface area contributed by atoms with E-state index in [1.165, 1.54) is 4.90 Å². The minimum atomic E-state index is -1.26. The largest absolute Gasteiger partial charge is 0.478 e. The number of likely N-dealkylation sites (tertiary alicyclic amines) is 2. The molecule has 0 aromatic carbocycles. The molecule has 2 aliphatic rings. The molecule has 0 bridgehead atoms. The fraction of sp³-hybridized carbons (Fsp3) is 0.600. The van der Waals surface area contributed by atoms with Gasteiger partial charge in [0.25, 0.3) is 0 Å². The molecule has 2 heterocycles. The Kier molecular flexibility index (Phi) is 6.44. The third-order valence-corrected chi connectivity index (χ3v) is 4.12. The lowest BCUT2D eigenvalue weighted by molar-refractivity contribution is -0.142. The lowest BCUT2D eigenvalue weighted by Gasteiger charge is -2.35. The number of carbonyl (C=O) groups excluding carboxylic acids is 2. The highest BCUT2D eigenvalue weighted by Crippen LogP contribution is 2.41. The van der Waals surface area contributed by atoms with Crippen molar-refractivity contribution >= 4 is 23.8 Å². The van der Waals surface area contributed by atoms with Gasteiger partial charge in [-0.15, -0.1) is 0 Å². The van der Waals surface area contributed by atoms with Gasteiger partial charge in [0.1, 0.15) is 0 Å². The van der Waals surface area contributed by atoms with E-state index in [-0.39, 0.29) is 17.2 Å². The second-order valence-electron chi connectivity index (χ2n) is 5.71. The fourth-order valence-corrected chi connectivity index (χ4v) is 2.76. The van der Waals surface area contributed by atoms with Crippen molar-refractivity contribution in [2.75, 3.05) is 26.7 Å². The molecule has 2 amide bonds. The first-order chi connectivity index (χ1) is 10.7. The Hall–Kier alpha value is -2.22. The van der Waals surface area contributed by atoms with E-state index in [1.54, 1.807) is 0 Å². The van der Waals surface area contributed by atoms with Crippen LogP contribution in [-0.2, 0) is 19.2 Å². The van der Waals surface area contributed by atoms with E-state index in [1.807, 2.05) is 6.92 Å². The van der Waals surface area contributed by atoms with Gasteiger partial charge in [0.15, 0.2) is 0 Å². The molecule has 0 aliphatic carbocycles. The van der Waals surface area contributed by atoms with E-state index in [0.29, 0.717) is 25.1 Å². The number of rotatable bonds is 3. The summed E-state index contributed by atoms with van der Waals surface area (Å²) in [6.45, 7) is 4.24. The van der Waals surface area contributed by atoms with Crippen LogP contribution in [0.4, 0.5) is 0 Å². The predicted octanol–water partition coefficient (Wildman–Crippen LogP) is 0.189. The van der Waals surface area contributed by atoms with Crippen LogP contribution in [0.25, 0.3) is 0 Å². The summed E-state index contributed by atoms with van der Waals surface area (Å²) in [5.41, 5.74) is -0.348. The molecule has 0 unspecified atom stereocenters. The van der Waals surface area contributed by atoms with Gasteiger partial charge in [-0.2, -0.15) is 0 Å². The average Bonchev–Trinajstić information content (AvgIpc) is 2.71. The zero-order chi connectivity index (χ0) is 17.6. The molecule has 0 radical (unpaired) electrons. The van der Waals surface area contributed by atoms with Crippen LogP contribution in [0.1, 0.15) is 26.2 Å². The van der Waals surface area contributed by atoms with E-state index < -0.39 is 11.9 Å². The first kappa shape index (κ1) is 18.8. The summed E-state index contributed by atoms with van der Waals surface area (Å²) in [5, 5.41) is 15.6. The molecule has 0 atom stereocenters. The molecule has 2 fully saturated rings. The van der Waals surface area contributed by atoms with E-state index >= 15 is 0 Å². The van der Waals surface area contributed by atoms with Crippen molar-refractivity contribution in [1.29, 1.82) is 0 Å². The molecule has 2 saturated heterocycles. The number of carbonyl (C=O) groups is 4. The first-order valence-corrected chi connectivity index (χ1v) is 7.39. The third-order valence-electron chi connectivity index (χ3n) is 4.12. The zero-order valence-electron chi connectivity index (χ0n) is 13.3. The van der Waals surface area contributed by atoms with Gasteiger partial charge >= 0.3 is 11.9 Å². The van der Waals surface area contributed by atoms with Crippen LogP contribution >= 0.6 is 0 Å². The Morgan fingerprint density at radius 2 is 1.61 bits per heavy atom. The minimum Gasteiger partial charge on any atom is -0.478 e. The monoisotopic (exact) mass is 326 g/mol. The molecule has 8 heteroatoms. The summed E-state index contributed by atoms with van der Waals surface area (Å²) in [5.74, 6) is -2.42. The Balaban J connectivity index is 0.000000284. The summed E-state index contributed by atoms with van der Waals surface area (Å²) in [6, 6.07) is 0. The van der Waals surface area contributed by atoms with E-state index in [0.717, 1.165) is 25.9 Å². The van der Waals surface area contributed by atoms with Crippen LogP contribution in [0.5, 0.6) is 0 Å². The quantitative estimate of drug-likeness (QED) is 0.562. The summed E-state index contributed by atoms with van der Waals surface area (Å²) < 4.78 is 0. The molecule has 1 spiro atoms. The number of carboxylic acid groups (broad SMARTS) is 2. The summed E-state index contributed by atoms with van der Waals surface area (Å²) >= 11 is 0. The van der Waals surface area contributed by atoms with Crippen molar-refractivity contribution < 1.29 is 29.4 Å². The molecule has 0 saturated carbocycles. The van der Waals surface area contributed by atoms with Gasteiger partial charge in [0.2, 0.25) is 11.8 Å². The van der Waals surface area contributed by atoms with Crippen molar-refractivity contribution in [1.82, 2.24) is 9.80 Å². The molecule has 2 N–H and O–H groups in total. The maximum absolute atomic E-state index is 12.1. The van der Waals surface area contributed by atoms with Crippen LogP contribution in [0.15, 0.2) is 12.2 Å². The van der Waals surface area contributed by atoms with Gasteiger partial charge < -0.3 is 15.1 Å². The number of hydrogen-bond donors (Lipinski definition) is 2. The number of carboxylic acids is 2. The highest BCUT2D eigenvalue weighted by Gasteiger charge is 2.51. The van der Waals surface area contributed by atoms with Gasteiger partial charge in [-0.05, 0) is 39.9 Å². The molecule has 0 aromatic heterocycles. The highest BCUT2D eigenvalue weighted by atomic mass is 16.4. The highest BCUT2D eigenvalue weighted by molar-refractivity contribution is 6.05. The standard InChI is InChI=1S/C11H18N2O2.C4H4O4/c1-3-13-9(14)8-11(10(13)15)4-6-12(2)7-5-11;5-3(6)1-2-4(7)8/h3-8H2,1-2H3;1-2H,(H,5,6)(H,7,8)/b;2-1+. The first-order valence-electron chi connectivity index (χ1n) is 7.39. The van der Waals surface area contributed by atoms with Crippen molar-refractivity contribution in [2.24, 2.45) is 5.41 Å². The second kappa shape index (κ2) is 7.87. The zero-order valence-corrected chi connectivity index (χ0v) is 13.3. The smallest absolute Gasteiger partial charge is 0.328 e. The predicted molar refractivity (Wildman–Crippen MR) is 80.6 cm³/mol. The van der Waals surface area contributed by atoms with Gasteiger partial charge in [-0.1, -0.05) is 0 Å². The number of imide groups is 1. The molecule has 8 nitrogen and oxygen atoms in total. The molecule has 23 heavy (non-hydrogen) atoms. The van der Waals surface area contributed by atoms with Crippen LogP contribution in [0.2, 0.25) is 0 Å². The van der Waals surface area contributed by atoms with Gasteiger partial charge in [-0.25, -0.2) is 9.59 Å². The lowest BCUT2D eigenvalue weighted by atomic mass is 9.77. The molecule has 128 valence electrons. The maximum atomic E-state index is 12.1. The molecule has 0 aromatic rings. The second-order valence-corrected chi connectivity index (χ2v) is 5.71. The molecule has 2 rings (SSSR count). The van der Waals surface area contributed by atoms with Crippen LogP contribution in [-0.4, -0.2) is 70.4 Å². The van der Waals surface area contributed by atoms with Gasteiger partial charge in [0, 0.05) is 25.1 Å². The summed E-state index contributed by atoms with van der Waals surface area (Å²) in [4.78, 5) is 46.5. The SMILES string of the molecule is CCN1C(=O)CC2(CCN(C)CC2)C1=O.O=C(O)/C=C/C(=O)O. The number of piperidine rings is 1. The Morgan fingerprint density at radius 1 is 1.13 bits per heavy atom. The fourth-order valence-electron chi connectivity index (χ4n) is 2.76. The normalized spacial score (nSPS) is 20.7. The number of hydrogen-bond acceptors (Lipinski definition) is 5. The van der Waals surface area contributed by atoms with Crippen LogP contribution in [0.3, 0.4) is 0 Å². The maximum Gasteiger partial charge on any atom is 0.328 e. The molecular weight excluding hydrogens is 304 g/mol. The third kappa shape index (κ3) is 4.88. The van der Waals surface area contributed by atoms with Crippen LogP contribution in [0, 0.1) is 5.41 Å². The lowest BCUT2D eigenvalue weighted by Crippen LogP contribution is -2.43. The average molecular weight is 326 g/mol.